The van der Waals surface area contributed by atoms with Crippen LogP contribution >= 0.6 is 0 Å². The highest BCUT2D eigenvalue weighted by Crippen LogP contribution is 2.27. The Hall–Kier alpha value is -2.65. The number of hydrogen-bond acceptors (Lipinski definition) is 5. The molecule has 4 rings (SSSR count). The van der Waals surface area contributed by atoms with Crippen molar-refractivity contribution in [2.75, 3.05) is 37.6 Å². The average molecular weight is 392 g/mol. The third-order valence-corrected chi connectivity index (χ3v) is 6.19. The SMILES string of the molecule is CC1CCCC(NC(=O)CN2CCN(c3cc(C#N)nc4ccccc34)CC2)C1. The van der Waals surface area contributed by atoms with Crippen LogP contribution in [-0.2, 0) is 4.79 Å². The van der Waals surface area contributed by atoms with Crippen molar-refractivity contribution in [1.82, 2.24) is 15.2 Å². The van der Waals surface area contributed by atoms with Gasteiger partial charge in [0.1, 0.15) is 11.8 Å². The zero-order valence-corrected chi connectivity index (χ0v) is 17.1. The average Bonchev–Trinajstić information content (AvgIpc) is 2.73. The molecule has 0 bridgehead atoms. The topological polar surface area (TPSA) is 72.3 Å². The maximum absolute atomic E-state index is 12.5. The van der Waals surface area contributed by atoms with Crippen LogP contribution in [0, 0.1) is 17.2 Å². The number of carbonyl (C=O) groups excluding carboxylic acids is 1. The van der Waals surface area contributed by atoms with Gasteiger partial charge in [0.2, 0.25) is 5.91 Å². The van der Waals surface area contributed by atoms with Crippen molar-refractivity contribution in [2.24, 2.45) is 5.92 Å². The van der Waals surface area contributed by atoms with Crippen LogP contribution in [0.1, 0.15) is 38.3 Å². The Balaban J connectivity index is 1.36. The van der Waals surface area contributed by atoms with E-state index in [2.05, 4.69) is 39.2 Å². The number of nitrogens with zero attached hydrogens (tertiary/aromatic N) is 4. The van der Waals surface area contributed by atoms with E-state index in [1.54, 1.807) is 0 Å². The number of nitrogens with one attached hydrogen (secondary N) is 1. The maximum atomic E-state index is 12.5. The molecule has 29 heavy (non-hydrogen) atoms. The summed E-state index contributed by atoms with van der Waals surface area (Å²) in [6.07, 6.45) is 4.72. The molecule has 2 atom stereocenters. The zero-order chi connectivity index (χ0) is 20.2. The smallest absolute Gasteiger partial charge is 0.234 e. The van der Waals surface area contributed by atoms with Crippen LogP contribution in [0.25, 0.3) is 10.9 Å². The van der Waals surface area contributed by atoms with Crippen molar-refractivity contribution in [1.29, 1.82) is 5.26 Å². The molecule has 2 unspecified atom stereocenters. The Labute approximate surface area is 172 Å². The highest BCUT2D eigenvalue weighted by molar-refractivity contribution is 5.92. The van der Waals surface area contributed by atoms with Gasteiger partial charge in [0, 0.05) is 43.3 Å². The van der Waals surface area contributed by atoms with Gasteiger partial charge in [-0.15, -0.1) is 0 Å². The summed E-state index contributed by atoms with van der Waals surface area (Å²) in [7, 11) is 0. The number of fused-ring (bicyclic) bond motifs is 1. The standard InChI is InChI=1S/C23H29N5O/c1-17-5-4-6-18(13-17)26-23(29)16-27-9-11-28(12-10-27)22-14-19(15-24)25-21-8-3-2-7-20(21)22/h2-3,7-8,14,17-18H,4-6,9-13,16H2,1H3,(H,26,29). The maximum Gasteiger partial charge on any atom is 0.234 e. The van der Waals surface area contributed by atoms with Crippen LogP contribution in [0.3, 0.4) is 0 Å². The molecule has 1 saturated carbocycles. The molecule has 1 aromatic heterocycles. The molecule has 1 amide bonds. The lowest BCUT2D eigenvalue weighted by Crippen LogP contribution is -2.51. The van der Waals surface area contributed by atoms with Gasteiger partial charge in [-0.3, -0.25) is 9.69 Å². The normalized spacial score (nSPS) is 23.0. The van der Waals surface area contributed by atoms with E-state index < -0.39 is 0 Å². The summed E-state index contributed by atoms with van der Waals surface area (Å²) in [5, 5.41) is 13.6. The van der Waals surface area contributed by atoms with Crippen LogP contribution in [0.4, 0.5) is 5.69 Å². The highest BCUT2D eigenvalue weighted by atomic mass is 16.2. The molecule has 1 N–H and O–H groups in total. The van der Waals surface area contributed by atoms with Crippen LogP contribution in [0.2, 0.25) is 0 Å². The number of amides is 1. The van der Waals surface area contributed by atoms with E-state index in [9.17, 15) is 10.1 Å². The van der Waals surface area contributed by atoms with Crippen molar-refractivity contribution in [2.45, 2.75) is 38.6 Å². The number of benzene rings is 1. The molecule has 2 aromatic rings. The number of anilines is 1. The number of pyridine rings is 1. The van der Waals surface area contributed by atoms with E-state index in [1.807, 2.05) is 24.3 Å². The van der Waals surface area contributed by atoms with Crippen molar-refractivity contribution < 1.29 is 4.79 Å². The minimum Gasteiger partial charge on any atom is -0.368 e. The Morgan fingerprint density at radius 1 is 1.24 bits per heavy atom. The first-order chi connectivity index (χ1) is 14.1. The third kappa shape index (κ3) is 4.68. The molecule has 6 heteroatoms. The predicted octanol–water partition coefficient (Wildman–Crippen LogP) is 2.92. The van der Waals surface area contributed by atoms with Crippen molar-refractivity contribution >= 4 is 22.5 Å². The van der Waals surface area contributed by atoms with Crippen LogP contribution < -0.4 is 10.2 Å². The number of rotatable bonds is 4. The molecule has 1 aliphatic heterocycles. The van der Waals surface area contributed by atoms with Crippen LogP contribution in [-0.4, -0.2) is 54.6 Å². The molecule has 0 spiro atoms. The van der Waals surface area contributed by atoms with E-state index in [4.69, 9.17) is 0 Å². The molecule has 2 fully saturated rings. The fourth-order valence-electron chi connectivity index (χ4n) is 4.66. The lowest BCUT2D eigenvalue weighted by molar-refractivity contribution is -0.123. The minimum absolute atomic E-state index is 0.152. The number of carbonyl (C=O) groups is 1. The molecule has 152 valence electrons. The van der Waals surface area contributed by atoms with Crippen molar-refractivity contribution in [3.05, 3.63) is 36.0 Å². The summed E-state index contributed by atoms with van der Waals surface area (Å²) in [4.78, 5) is 21.4. The largest absolute Gasteiger partial charge is 0.368 e. The van der Waals surface area contributed by atoms with Crippen molar-refractivity contribution in [3.8, 4) is 6.07 Å². The molecule has 6 nitrogen and oxygen atoms in total. The number of hydrogen-bond donors (Lipinski definition) is 1. The Morgan fingerprint density at radius 3 is 2.79 bits per heavy atom. The second-order valence-electron chi connectivity index (χ2n) is 8.45. The number of piperazine rings is 1. The first-order valence-electron chi connectivity index (χ1n) is 10.7. The van der Waals surface area contributed by atoms with Crippen LogP contribution in [0.5, 0.6) is 0 Å². The van der Waals surface area contributed by atoms with Gasteiger partial charge in [0.05, 0.1) is 12.1 Å². The predicted molar refractivity (Wildman–Crippen MR) is 115 cm³/mol. The van der Waals surface area contributed by atoms with Crippen LogP contribution in [0.15, 0.2) is 30.3 Å². The molecule has 1 aromatic carbocycles. The van der Waals surface area contributed by atoms with Gasteiger partial charge in [0.15, 0.2) is 0 Å². The second-order valence-corrected chi connectivity index (χ2v) is 8.45. The summed E-state index contributed by atoms with van der Waals surface area (Å²) < 4.78 is 0. The molecule has 2 aliphatic rings. The van der Waals surface area contributed by atoms with Gasteiger partial charge in [-0.1, -0.05) is 38.0 Å². The number of aromatic nitrogens is 1. The summed E-state index contributed by atoms with van der Waals surface area (Å²) in [6.45, 7) is 6.11. The molecule has 1 saturated heterocycles. The van der Waals surface area contributed by atoms with Gasteiger partial charge in [-0.2, -0.15) is 5.26 Å². The van der Waals surface area contributed by atoms with Gasteiger partial charge < -0.3 is 10.2 Å². The summed E-state index contributed by atoms with van der Waals surface area (Å²) in [6, 6.07) is 12.4. The Kier molecular flexibility index (Phi) is 5.96. The van der Waals surface area contributed by atoms with E-state index in [0.29, 0.717) is 24.2 Å². The first kappa shape index (κ1) is 19.7. The third-order valence-electron chi connectivity index (χ3n) is 6.19. The second kappa shape index (κ2) is 8.79. The summed E-state index contributed by atoms with van der Waals surface area (Å²) in [5.41, 5.74) is 2.36. The lowest BCUT2D eigenvalue weighted by Gasteiger charge is -2.36. The Morgan fingerprint density at radius 2 is 2.03 bits per heavy atom. The molecule has 0 radical (unpaired) electrons. The summed E-state index contributed by atoms with van der Waals surface area (Å²) >= 11 is 0. The van der Waals surface area contributed by atoms with Crippen molar-refractivity contribution in [3.63, 3.8) is 0 Å². The van der Waals surface area contributed by atoms with Gasteiger partial charge in [-0.05, 0) is 30.9 Å². The number of nitriles is 1. The van der Waals surface area contributed by atoms with E-state index in [0.717, 1.165) is 55.6 Å². The van der Waals surface area contributed by atoms with E-state index in [1.165, 1.54) is 12.8 Å². The van der Waals surface area contributed by atoms with Gasteiger partial charge in [-0.25, -0.2) is 4.98 Å². The minimum atomic E-state index is 0.152. The van der Waals surface area contributed by atoms with Gasteiger partial charge in [0.25, 0.3) is 0 Å². The molecular formula is C23H29N5O. The Bertz CT molecular complexity index is 913. The molecule has 2 heterocycles. The zero-order valence-electron chi connectivity index (χ0n) is 17.1. The fourth-order valence-corrected chi connectivity index (χ4v) is 4.66. The monoisotopic (exact) mass is 391 g/mol. The van der Waals surface area contributed by atoms with E-state index in [-0.39, 0.29) is 5.91 Å². The first-order valence-corrected chi connectivity index (χ1v) is 10.7. The molecule has 1 aliphatic carbocycles. The summed E-state index contributed by atoms with van der Waals surface area (Å²) in [5.74, 6) is 0.866. The quantitative estimate of drug-likeness (QED) is 0.868. The fraction of sp³-hybridized carbons (Fsp3) is 0.522. The van der Waals surface area contributed by atoms with E-state index >= 15 is 0 Å². The highest BCUT2D eigenvalue weighted by Gasteiger charge is 2.24. The molecular weight excluding hydrogens is 362 g/mol. The lowest BCUT2D eigenvalue weighted by atomic mass is 9.87. The van der Waals surface area contributed by atoms with Gasteiger partial charge >= 0.3 is 0 Å². The number of para-hydroxylation sites is 1.